The Bertz CT molecular complexity index is 944. The van der Waals surface area contributed by atoms with E-state index in [1.165, 1.54) is 11.3 Å². The van der Waals surface area contributed by atoms with E-state index >= 15 is 0 Å². The SMILES string of the molecule is CCc1nnc(NC(=O)C(Cc2ccccc2)NC(=O)c2ccc(Cl)cc2)s1. The number of carbonyl (C=O) groups excluding carboxylic acids is 2. The van der Waals surface area contributed by atoms with Crippen LogP contribution in [0.4, 0.5) is 5.13 Å². The minimum absolute atomic E-state index is 0.343. The number of nitrogens with one attached hydrogen (secondary N) is 2. The minimum Gasteiger partial charge on any atom is -0.340 e. The monoisotopic (exact) mass is 414 g/mol. The number of carbonyl (C=O) groups is 2. The molecule has 0 aliphatic carbocycles. The number of nitrogens with zero attached hydrogens (tertiary/aromatic N) is 2. The van der Waals surface area contributed by atoms with Crippen molar-refractivity contribution in [2.75, 3.05) is 5.32 Å². The topological polar surface area (TPSA) is 84.0 Å². The van der Waals surface area contributed by atoms with Crippen LogP contribution in [0.15, 0.2) is 54.6 Å². The molecular weight excluding hydrogens is 396 g/mol. The number of anilines is 1. The Labute approximate surface area is 172 Å². The fraction of sp³-hybridized carbons (Fsp3) is 0.200. The highest BCUT2D eigenvalue weighted by Gasteiger charge is 2.23. The summed E-state index contributed by atoms with van der Waals surface area (Å²) in [7, 11) is 0. The van der Waals surface area contributed by atoms with Crippen molar-refractivity contribution in [2.45, 2.75) is 25.8 Å². The normalized spacial score (nSPS) is 11.6. The van der Waals surface area contributed by atoms with Gasteiger partial charge in [0.25, 0.3) is 5.91 Å². The summed E-state index contributed by atoms with van der Waals surface area (Å²) in [4.78, 5) is 25.4. The van der Waals surface area contributed by atoms with Gasteiger partial charge in [-0.15, -0.1) is 10.2 Å². The minimum atomic E-state index is -0.764. The Morgan fingerprint density at radius 2 is 1.79 bits per heavy atom. The van der Waals surface area contributed by atoms with Gasteiger partial charge in [-0.05, 0) is 36.2 Å². The summed E-state index contributed by atoms with van der Waals surface area (Å²) >= 11 is 7.20. The zero-order valence-electron chi connectivity index (χ0n) is 15.2. The summed E-state index contributed by atoms with van der Waals surface area (Å²) in [6.07, 6.45) is 1.10. The first kappa shape index (κ1) is 20.0. The van der Waals surface area contributed by atoms with Crippen molar-refractivity contribution in [1.29, 1.82) is 0 Å². The highest BCUT2D eigenvalue weighted by molar-refractivity contribution is 7.15. The maximum Gasteiger partial charge on any atom is 0.251 e. The molecule has 1 aromatic heterocycles. The summed E-state index contributed by atoms with van der Waals surface area (Å²) in [5.74, 6) is -0.691. The molecule has 0 spiro atoms. The number of aromatic nitrogens is 2. The van der Waals surface area contributed by atoms with E-state index in [1.54, 1.807) is 24.3 Å². The smallest absolute Gasteiger partial charge is 0.251 e. The number of benzene rings is 2. The average Bonchev–Trinajstić information content (AvgIpc) is 3.16. The lowest BCUT2D eigenvalue weighted by atomic mass is 10.0. The highest BCUT2D eigenvalue weighted by Crippen LogP contribution is 2.16. The predicted molar refractivity (Wildman–Crippen MR) is 111 cm³/mol. The third-order valence-electron chi connectivity index (χ3n) is 4.01. The lowest BCUT2D eigenvalue weighted by Gasteiger charge is -2.18. The Balaban J connectivity index is 1.76. The molecule has 3 rings (SSSR count). The van der Waals surface area contributed by atoms with Crippen LogP contribution >= 0.6 is 22.9 Å². The summed E-state index contributed by atoms with van der Waals surface area (Å²) in [6.45, 7) is 1.97. The van der Waals surface area contributed by atoms with E-state index in [4.69, 9.17) is 11.6 Å². The zero-order valence-corrected chi connectivity index (χ0v) is 16.8. The summed E-state index contributed by atoms with van der Waals surface area (Å²) in [6, 6.07) is 15.3. The molecule has 0 aliphatic heterocycles. The lowest BCUT2D eigenvalue weighted by molar-refractivity contribution is -0.118. The number of amides is 2. The van der Waals surface area contributed by atoms with Gasteiger partial charge in [0.15, 0.2) is 0 Å². The van der Waals surface area contributed by atoms with Crippen LogP contribution in [0.25, 0.3) is 0 Å². The maximum atomic E-state index is 12.8. The maximum absolute atomic E-state index is 12.8. The second-order valence-electron chi connectivity index (χ2n) is 6.07. The van der Waals surface area contributed by atoms with E-state index in [0.717, 1.165) is 17.0 Å². The van der Waals surface area contributed by atoms with Crippen LogP contribution in [0.3, 0.4) is 0 Å². The average molecular weight is 415 g/mol. The molecular formula is C20H19ClN4O2S. The molecule has 144 valence electrons. The molecule has 0 bridgehead atoms. The molecule has 3 aromatic rings. The van der Waals surface area contributed by atoms with Crippen LogP contribution in [0.1, 0.15) is 27.9 Å². The summed E-state index contributed by atoms with van der Waals surface area (Å²) in [5.41, 5.74) is 1.37. The number of halogens is 1. The Kier molecular flexibility index (Phi) is 6.73. The molecule has 0 radical (unpaired) electrons. The fourth-order valence-corrected chi connectivity index (χ4v) is 3.35. The first-order chi connectivity index (χ1) is 13.5. The van der Waals surface area contributed by atoms with Crippen LogP contribution in [0.2, 0.25) is 5.02 Å². The van der Waals surface area contributed by atoms with E-state index in [-0.39, 0.29) is 11.8 Å². The molecule has 2 aromatic carbocycles. The van der Waals surface area contributed by atoms with E-state index in [9.17, 15) is 9.59 Å². The number of rotatable bonds is 7. The van der Waals surface area contributed by atoms with Crippen molar-refractivity contribution in [3.63, 3.8) is 0 Å². The van der Waals surface area contributed by atoms with E-state index in [0.29, 0.717) is 22.1 Å². The number of hydrogen-bond donors (Lipinski definition) is 2. The van der Waals surface area contributed by atoms with Crippen LogP contribution in [0.5, 0.6) is 0 Å². The molecule has 0 aliphatic rings. The molecule has 1 heterocycles. The highest BCUT2D eigenvalue weighted by atomic mass is 35.5. The molecule has 1 atom stereocenters. The second kappa shape index (κ2) is 9.43. The molecule has 6 nitrogen and oxygen atoms in total. The van der Waals surface area contributed by atoms with Crippen molar-refractivity contribution < 1.29 is 9.59 Å². The Hall–Kier alpha value is -2.77. The summed E-state index contributed by atoms with van der Waals surface area (Å²) < 4.78 is 0. The van der Waals surface area contributed by atoms with Gasteiger partial charge in [0.1, 0.15) is 11.0 Å². The number of hydrogen-bond acceptors (Lipinski definition) is 5. The molecule has 8 heteroatoms. The predicted octanol–water partition coefficient (Wildman–Crippen LogP) is 3.73. The molecule has 28 heavy (non-hydrogen) atoms. The largest absolute Gasteiger partial charge is 0.340 e. The Morgan fingerprint density at radius 3 is 2.43 bits per heavy atom. The molecule has 1 unspecified atom stereocenters. The van der Waals surface area contributed by atoms with Crippen LogP contribution in [-0.2, 0) is 17.6 Å². The van der Waals surface area contributed by atoms with Gasteiger partial charge in [0, 0.05) is 17.0 Å². The van der Waals surface area contributed by atoms with Crippen molar-refractivity contribution in [3.8, 4) is 0 Å². The zero-order chi connectivity index (χ0) is 19.9. The lowest BCUT2D eigenvalue weighted by Crippen LogP contribution is -2.45. The Morgan fingerprint density at radius 1 is 1.07 bits per heavy atom. The van der Waals surface area contributed by atoms with Crippen molar-refractivity contribution in [1.82, 2.24) is 15.5 Å². The van der Waals surface area contributed by atoms with Crippen LogP contribution in [0, 0.1) is 0 Å². The number of aryl methyl sites for hydroxylation is 1. The first-order valence-electron chi connectivity index (χ1n) is 8.78. The fourth-order valence-electron chi connectivity index (χ4n) is 2.54. The van der Waals surface area contributed by atoms with Gasteiger partial charge in [0.2, 0.25) is 11.0 Å². The van der Waals surface area contributed by atoms with Gasteiger partial charge in [-0.25, -0.2) is 0 Å². The van der Waals surface area contributed by atoms with Crippen LogP contribution in [-0.4, -0.2) is 28.1 Å². The second-order valence-corrected chi connectivity index (χ2v) is 7.56. The third-order valence-corrected chi connectivity index (χ3v) is 5.25. The van der Waals surface area contributed by atoms with Crippen LogP contribution < -0.4 is 10.6 Å². The summed E-state index contributed by atoms with van der Waals surface area (Å²) in [5, 5.41) is 15.3. The molecule has 0 saturated heterocycles. The molecule has 2 amide bonds. The van der Waals surface area contributed by atoms with Crippen molar-refractivity contribution in [2.24, 2.45) is 0 Å². The van der Waals surface area contributed by atoms with Crippen molar-refractivity contribution >= 4 is 39.9 Å². The first-order valence-corrected chi connectivity index (χ1v) is 9.98. The molecule has 2 N–H and O–H groups in total. The van der Waals surface area contributed by atoms with E-state index in [2.05, 4.69) is 20.8 Å². The molecule has 0 saturated carbocycles. The van der Waals surface area contributed by atoms with Gasteiger partial charge in [-0.3, -0.25) is 14.9 Å². The van der Waals surface area contributed by atoms with Crippen molar-refractivity contribution in [3.05, 3.63) is 75.8 Å². The third kappa shape index (κ3) is 5.37. The van der Waals surface area contributed by atoms with Gasteiger partial charge in [-0.2, -0.15) is 0 Å². The van der Waals surface area contributed by atoms with E-state index < -0.39 is 6.04 Å². The van der Waals surface area contributed by atoms with Gasteiger partial charge in [-0.1, -0.05) is 60.2 Å². The van der Waals surface area contributed by atoms with Gasteiger partial charge in [0.05, 0.1) is 0 Å². The van der Waals surface area contributed by atoms with Gasteiger partial charge < -0.3 is 5.32 Å². The quantitative estimate of drug-likeness (QED) is 0.617. The standard InChI is InChI=1S/C20H19ClN4O2S/c1-2-17-24-25-20(28-17)23-19(27)16(12-13-6-4-3-5-7-13)22-18(26)14-8-10-15(21)11-9-14/h3-11,16H,2,12H2,1H3,(H,22,26)(H,23,25,27). The van der Waals surface area contributed by atoms with Gasteiger partial charge >= 0.3 is 0 Å². The van der Waals surface area contributed by atoms with E-state index in [1.807, 2.05) is 37.3 Å². The molecule has 0 fully saturated rings.